The standard InChI is InChI=1S/C22H18F6N2O2/c23-13-3-1-4-15(9-13)30(12-31)21(19(32)29-14-10-20(24,25)11-14)8-7-16-17(21)5-2-6-18(16)22(26,27)28/h1-6,9,12,14H,7-8,10-11H2,(H,29,32). The fourth-order valence-corrected chi connectivity index (χ4v) is 4.61. The molecule has 4 rings (SSSR count). The molecule has 0 aromatic heterocycles. The molecule has 0 aliphatic heterocycles. The van der Waals surface area contributed by atoms with Crippen molar-refractivity contribution < 1.29 is 35.9 Å². The van der Waals surface area contributed by atoms with E-state index in [0.717, 1.165) is 29.2 Å². The highest BCUT2D eigenvalue weighted by Gasteiger charge is 2.55. The Kier molecular flexibility index (Phi) is 5.21. The van der Waals surface area contributed by atoms with E-state index in [-0.39, 0.29) is 36.1 Å². The van der Waals surface area contributed by atoms with E-state index in [9.17, 15) is 35.9 Å². The molecule has 2 aliphatic rings. The van der Waals surface area contributed by atoms with Gasteiger partial charge in [0.2, 0.25) is 6.41 Å². The van der Waals surface area contributed by atoms with Gasteiger partial charge in [-0.05, 0) is 48.2 Å². The first kappa shape index (κ1) is 22.2. The average molecular weight is 456 g/mol. The predicted molar refractivity (Wildman–Crippen MR) is 102 cm³/mol. The van der Waals surface area contributed by atoms with Gasteiger partial charge in [0.1, 0.15) is 5.82 Å². The van der Waals surface area contributed by atoms with Crippen LogP contribution in [0.4, 0.5) is 32.0 Å². The molecule has 0 spiro atoms. The number of nitrogens with one attached hydrogen (secondary N) is 1. The van der Waals surface area contributed by atoms with E-state index in [4.69, 9.17) is 0 Å². The second kappa shape index (κ2) is 7.53. The normalized spacial score (nSPS) is 22.1. The van der Waals surface area contributed by atoms with Crippen molar-refractivity contribution in [3.8, 4) is 0 Å². The van der Waals surface area contributed by atoms with Gasteiger partial charge >= 0.3 is 6.18 Å². The molecule has 10 heteroatoms. The minimum Gasteiger partial charge on any atom is -0.351 e. The lowest BCUT2D eigenvalue weighted by molar-refractivity contribution is -0.138. The van der Waals surface area contributed by atoms with Gasteiger partial charge < -0.3 is 5.32 Å². The van der Waals surface area contributed by atoms with Crippen LogP contribution in [0.3, 0.4) is 0 Å². The summed E-state index contributed by atoms with van der Waals surface area (Å²) in [6.07, 6.45) is -6.06. The maximum absolute atomic E-state index is 13.9. The number of hydrogen-bond donors (Lipinski definition) is 1. The molecule has 1 fully saturated rings. The Morgan fingerprint density at radius 1 is 1.12 bits per heavy atom. The highest BCUT2D eigenvalue weighted by atomic mass is 19.4. The lowest BCUT2D eigenvalue weighted by atomic mass is 9.84. The molecule has 32 heavy (non-hydrogen) atoms. The summed E-state index contributed by atoms with van der Waals surface area (Å²) in [6, 6.07) is 7.16. The molecule has 2 aromatic rings. The number of rotatable bonds is 5. The van der Waals surface area contributed by atoms with Crippen LogP contribution in [0.1, 0.15) is 36.0 Å². The van der Waals surface area contributed by atoms with Crippen molar-refractivity contribution in [2.75, 3.05) is 4.90 Å². The van der Waals surface area contributed by atoms with Gasteiger partial charge in [-0.1, -0.05) is 18.2 Å². The van der Waals surface area contributed by atoms with Crippen LogP contribution in [0.25, 0.3) is 0 Å². The third kappa shape index (κ3) is 3.61. The number of alkyl halides is 5. The molecule has 0 bridgehead atoms. The van der Waals surface area contributed by atoms with Crippen molar-refractivity contribution in [1.29, 1.82) is 0 Å². The van der Waals surface area contributed by atoms with Gasteiger partial charge in [-0.3, -0.25) is 14.5 Å². The summed E-state index contributed by atoms with van der Waals surface area (Å²) in [6.45, 7) is 0. The third-order valence-corrected chi connectivity index (χ3v) is 6.07. The number of fused-ring (bicyclic) bond motifs is 1. The Bertz CT molecular complexity index is 1060. The minimum absolute atomic E-state index is 0.0423. The Hall–Kier alpha value is -3.04. The topological polar surface area (TPSA) is 49.4 Å². The van der Waals surface area contributed by atoms with E-state index < -0.39 is 53.8 Å². The van der Waals surface area contributed by atoms with Crippen molar-refractivity contribution in [1.82, 2.24) is 5.32 Å². The first-order valence-electron chi connectivity index (χ1n) is 9.86. The van der Waals surface area contributed by atoms with E-state index in [1.807, 2.05) is 0 Å². The Morgan fingerprint density at radius 2 is 1.81 bits per heavy atom. The summed E-state index contributed by atoms with van der Waals surface area (Å²) < 4.78 is 81.2. The molecule has 0 heterocycles. The van der Waals surface area contributed by atoms with Crippen LogP contribution in [-0.4, -0.2) is 24.3 Å². The predicted octanol–water partition coefficient (Wildman–Crippen LogP) is 4.56. The molecule has 2 aliphatic carbocycles. The molecule has 4 nitrogen and oxygen atoms in total. The largest absolute Gasteiger partial charge is 0.416 e. The molecule has 0 radical (unpaired) electrons. The van der Waals surface area contributed by atoms with Gasteiger partial charge in [0, 0.05) is 24.6 Å². The van der Waals surface area contributed by atoms with Crippen LogP contribution in [0, 0.1) is 5.82 Å². The van der Waals surface area contributed by atoms with E-state index in [0.29, 0.717) is 0 Å². The van der Waals surface area contributed by atoms with Crippen LogP contribution < -0.4 is 10.2 Å². The zero-order valence-electron chi connectivity index (χ0n) is 16.6. The number of hydrogen-bond acceptors (Lipinski definition) is 2. The lowest BCUT2D eigenvalue weighted by Crippen LogP contribution is -2.60. The number of benzene rings is 2. The highest BCUT2D eigenvalue weighted by Crippen LogP contribution is 2.48. The minimum atomic E-state index is -4.70. The fourth-order valence-electron chi connectivity index (χ4n) is 4.61. The maximum Gasteiger partial charge on any atom is 0.416 e. The first-order valence-corrected chi connectivity index (χ1v) is 9.86. The van der Waals surface area contributed by atoms with Crippen molar-refractivity contribution in [3.63, 3.8) is 0 Å². The molecular weight excluding hydrogens is 438 g/mol. The number of nitrogens with zero attached hydrogens (tertiary/aromatic N) is 1. The second-order valence-electron chi connectivity index (χ2n) is 8.08. The summed E-state index contributed by atoms with van der Waals surface area (Å²) in [5.41, 5.74) is -3.15. The van der Waals surface area contributed by atoms with Crippen LogP contribution >= 0.6 is 0 Å². The van der Waals surface area contributed by atoms with Gasteiger partial charge in [-0.15, -0.1) is 0 Å². The smallest absolute Gasteiger partial charge is 0.351 e. The van der Waals surface area contributed by atoms with E-state index in [1.54, 1.807) is 0 Å². The highest BCUT2D eigenvalue weighted by molar-refractivity contribution is 5.98. The van der Waals surface area contributed by atoms with Crippen LogP contribution in [0.5, 0.6) is 0 Å². The molecule has 2 amide bonds. The Balaban J connectivity index is 1.84. The molecule has 2 aromatic carbocycles. The molecule has 0 saturated heterocycles. The number of amides is 2. The number of halogens is 6. The molecule has 170 valence electrons. The van der Waals surface area contributed by atoms with Crippen LogP contribution in [0.2, 0.25) is 0 Å². The second-order valence-corrected chi connectivity index (χ2v) is 8.08. The number of anilines is 1. The summed E-state index contributed by atoms with van der Waals surface area (Å²) in [5, 5.41) is 2.46. The molecule has 1 saturated carbocycles. The van der Waals surface area contributed by atoms with Crippen molar-refractivity contribution >= 4 is 18.0 Å². The fraction of sp³-hybridized carbons (Fsp3) is 0.364. The Labute approximate surface area is 179 Å². The first-order chi connectivity index (χ1) is 15.0. The zero-order chi connectivity index (χ0) is 23.3. The summed E-state index contributed by atoms with van der Waals surface area (Å²) in [7, 11) is 0. The quantitative estimate of drug-likeness (QED) is 0.530. The van der Waals surface area contributed by atoms with Gasteiger partial charge in [0.25, 0.3) is 11.8 Å². The van der Waals surface area contributed by atoms with Gasteiger partial charge in [-0.25, -0.2) is 13.2 Å². The van der Waals surface area contributed by atoms with Gasteiger partial charge in [0.15, 0.2) is 5.54 Å². The molecule has 1 atom stereocenters. The van der Waals surface area contributed by atoms with Crippen LogP contribution in [-0.2, 0) is 27.7 Å². The molecule has 1 N–H and O–H groups in total. The van der Waals surface area contributed by atoms with Crippen molar-refractivity contribution in [2.45, 2.75) is 49.4 Å². The maximum atomic E-state index is 13.9. The zero-order valence-corrected chi connectivity index (χ0v) is 16.6. The summed E-state index contributed by atoms with van der Waals surface area (Å²) in [5.74, 6) is -4.53. The van der Waals surface area contributed by atoms with Crippen molar-refractivity contribution in [3.05, 3.63) is 65.0 Å². The number of carbonyl (C=O) groups is 2. The monoisotopic (exact) mass is 456 g/mol. The number of carbonyl (C=O) groups excluding carboxylic acids is 2. The van der Waals surface area contributed by atoms with E-state index in [1.165, 1.54) is 18.2 Å². The van der Waals surface area contributed by atoms with Gasteiger partial charge in [0.05, 0.1) is 5.56 Å². The van der Waals surface area contributed by atoms with Crippen LogP contribution in [0.15, 0.2) is 42.5 Å². The summed E-state index contributed by atoms with van der Waals surface area (Å²) >= 11 is 0. The summed E-state index contributed by atoms with van der Waals surface area (Å²) in [4.78, 5) is 26.5. The van der Waals surface area contributed by atoms with E-state index >= 15 is 0 Å². The lowest BCUT2D eigenvalue weighted by Gasteiger charge is -2.42. The SMILES string of the molecule is O=CN(c1cccc(F)c1)C1(C(=O)NC2CC(F)(F)C2)CCc2c(C(F)(F)F)cccc21. The average Bonchev–Trinajstić information content (AvgIpc) is 3.07. The molecular formula is C22H18F6N2O2. The molecule has 1 unspecified atom stereocenters. The third-order valence-electron chi connectivity index (χ3n) is 6.07. The van der Waals surface area contributed by atoms with Crippen molar-refractivity contribution in [2.24, 2.45) is 0 Å². The van der Waals surface area contributed by atoms with E-state index in [2.05, 4.69) is 5.32 Å². The Morgan fingerprint density at radius 3 is 2.41 bits per heavy atom. The van der Waals surface area contributed by atoms with Gasteiger partial charge in [-0.2, -0.15) is 13.2 Å².